The molecule has 0 atom stereocenters. The molecule has 1 aliphatic heterocycles. The molecule has 0 amide bonds. The second kappa shape index (κ2) is 6.82. The molecule has 2 aromatic rings. The summed E-state index contributed by atoms with van der Waals surface area (Å²) in [5.41, 5.74) is 4.07. The summed E-state index contributed by atoms with van der Waals surface area (Å²) >= 11 is 0. The first-order valence-electron chi connectivity index (χ1n) is 8.71. The van der Waals surface area contributed by atoms with Crippen LogP contribution in [0.4, 0.5) is 0 Å². The van der Waals surface area contributed by atoms with Crippen LogP contribution in [0, 0.1) is 0 Å². The van der Waals surface area contributed by atoms with Crippen LogP contribution in [-0.4, -0.2) is 40.4 Å². The number of hydrogen-bond acceptors (Lipinski definition) is 6. The molecule has 0 saturated carbocycles. The third kappa shape index (κ3) is 2.46. The first-order chi connectivity index (χ1) is 13.6. The number of methoxy groups -OCH3 is 4. The first kappa shape index (κ1) is 18.3. The van der Waals surface area contributed by atoms with Crippen LogP contribution >= 0.6 is 0 Å². The predicted octanol–water partition coefficient (Wildman–Crippen LogP) is 3.62. The molecule has 0 spiro atoms. The monoisotopic (exact) mass is 380 g/mol. The van der Waals surface area contributed by atoms with Gasteiger partial charge in [0.25, 0.3) is 0 Å². The quantitative estimate of drug-likeness (QED) is 0.596. The molecule has 2 aromatic carbocycles. The lowest BCUT2D eigenvalue weighted by Crippen LogP contribution is -2.35. The Morgan fingerprint density at radius 1 is 0.857 bits per heavy atom. The Morgan fingerprint density at radius 3 is 2.25 bits per heavy atom. The summed E-state index contributed by atoms with van der Waals surface area (Å²) in [6.45, 7) is 0. The van der Waals surface area contributed by atoms with E-state index in [0.717, 1.165) is 16.7 Å². The Labute approximate surface area is 162 Å². The summed E-state index contributed by atoms with van der Waals surface area (Å²) in [5.74, 6) is -1.28. The highest BCUT2D eigenvalue weighted by Gasteiger charge is 2.53. The molecule has 0 radical (unpaired) electrons. The van der Waals surface area contributed by atoms with Crippen molar-refractivity contribution in [3.8, 4) is 16.9 Å². The van der Waals surface area contributed by atoms with Crippen molar-refractivity contribution in [1.82, 2.24) is 0 Å². The van der Waals surface area contributed by atoms with E-state index in [9.17, 15) is 4.79 Å². The van der Waals surface area contributed by atoms with Crippen molar-refractivity contribution >= 4 is 17.8 Å². The van der Waals surface area contributed by atoms with Crippen LogP contribution in [0.1, 0.15) is 11.1 Å². The van der Waals surface area contributed by atoms with Gasteiger partial charge in [-0.2, -0.15) is 0 Å². The van der Waals surface area contributed by atoms with E-state index in [1.54, 1.807) is 13.2 Å². The number of cyclic esters (lactones) is 1. The first-order valence-corrected chi connectivity index (χ1v) is 8.71. The maximum absolute atomic E-state index is 12.8. The van der Waals surface area contributed by atoms with Crippen molar-refractivity contribution < 1.29 is 28.5 Å². The number of ether oxygens (including phenoxy) is 5. The van der Waals surface area contributed by atoms with Crippen LogP contribution in [0.2, 0.25) is 0 Å². The number of rotatable bonds is 4. The van der Waals surface area contributed by atoms with Gasteiger partial charge in [-0.15, -0.1) is 0 Å². The summed E-state index contributed by atoms with van der Waals surface area (Å²) in [6.07, 6.45) is 1.77. The summed E-state index contributed by atoms with van der Waals surface area (Å²) in [6, 6.07) is 13.5. The molecule has 0 unspecified atom stereocenters. The number of carbonyl (C=O) groups excluding carboxylic acids is 1. The molecular formula is C22H20O6. The zero-order valence-corrected chi connectivity index (χ0v) is 16.1. The minimum absolute atomic E-state index is 0.310. The van der Waals surface area contributed by atoms with Gasteiger partial charge in [0.05, 0.1) is 25.4 Å². The van der Waals surface area contributed by atoms with E-state index in [4.69, 9.17) is 23.7 Å². The normalized spacial score (nSPS) is 21.3. The largest absolute Gasteiger partial charge is 0.496 e. The molecule has 0 bridgehead atoms. The Balaban J connectivity index is 2.20. The highest BCUT2D eigenvalue weighted by molar-refractivity contribution is 6.07. The van der Waals surface area contributed by atoms with Crippen LogP contribution in [0.5, 0.6) is 5.75 Å². The zero-order chi connectivity index (χ0) is 19.9. The minimum Gasteiger partial charge on any atom is -0.496 e. The number of hydrogen-bond donors (Lipinski definition) is 0. The van der Waals surface area contributed by atoms with Crippen LogP contribution in [0.25, 0.3) is 23.0 Å². The van der Waals surface area contributed by atoms with Gasteiger partial charge in [0.15, 0.2) is 0 Å². The molecule has 4 rings (SSSR count). The van der Waals surface area contributed by atoms with Gasteiger partial charge in [-0.3, -0.25) is 0 Å². The lowest BCUT2D eigenvalue weighted by atomic mass is 9.87. The highest BCUT2D eigenvalue weighted by Crippen LogP contribution is 2.49. The van der Waals surface area contributed by atoms with Crippen molar-refractivity contribution in [2.24, 2.45) is 0 Å². The maximum Gasteiger partial charge on any atom is 0.362 e. The van der Waals surface area contributed by atoms with Gasteiger partial charge in [0.1, 0.15) is 17.1 Å². The molecule has 1 saturated heterocycles. The third-order valence-corrected chi connectivity index (χ3v) is 5.02. The van der Waals surface area contributed by atoms with E-state index >= 15 is 0 Å². The Bertz CT molecular complexity index is 1010. The van der Waals surface area contributed by atoms with Crippen molar-refractivity contribution in [3.63, 3.8) is 0 Å². The van der Waals surface area contributed by atoms with Gasteiger partial charge in [-0.05, 0) is 28.8 Å². The lowest BCUT2D eigenvalue weighted by molar-refractivity contribution is -0.306. The minimum atomic E-state index is -1.71. The fraction of sp³-hybridized carbons (Fsp3) is 0.227. The fourth-order valence-electron chi connectivity index (χ4n) is 3.77. The van der Waals surface area contributed by atoms with E-state index in [1.807, 2.05) is 42.5 Å². The number of fused-ring (bicyclic) bond motifs is 4. The van der Waals surface area contributed by atoms with Crippen LogP contribution in [0.15, 0.2) is 53.6 Å². The topological polar surface area (TPSA) is 63.2 Å². The average Bonchev–Trinajstić information content (AvgIpc) is 3.00. The average molecular weight is 380 g/mol. The summed E-state index contributed by atoms with van der Waals surface area (Å²) < 4.78 is 28.0. The second-order valence-electron chi connectivity index (χ2n) is 6.29. The molecule has 144 valence electrons. The standard InChI is InChI=1S/C22H20O6/c1-24-17-11-7-10-15-14-9-6-5-8-13(14)12-16-19(20(25-2)18(15)17)22(26-3,27-4)28-21(16)23/h5-12H,1-4H3/b13-12?,15-14?,16-12+,20-18?,20-19-. The van der Waals surface area contributed by atoms with E-state index in [0.29, 0.717) is 28.2 Å². The Hall–Kier alpha value is -3.09. The maximum atomic E-state index is 12.8. The van der Waals surface area contributed by atoms with Gasteiger partial charge in [0, 0.05) is 14.2 Å². The van der Waals surface area contributed by atoms with E-state index in [1.165, 1.54) is 21.3 Å². The number of carbonyl (C=O) groups is 1. The van der Waals surface area contributed by atoms with Gasteiger partial charge >= 0.3 is 11.9 Å². The Morgan fingerprint density at radius 2 is 1.57 bits per heavy atom. The van der Waals surface area contributed by atoms with Gasteiger partial charge < -0.3 is 23.7 Å². The molecule has 1 aliphatic carbocycles. The smallest absolute Gasteiger partial charge is 0.362 e. The van der Waals surface area contributed by atoms with Gasteiger partial charge in [-0.25, -0.2) is 4.79 Å². The van der Waals surface area contributed by atoms with Crippen molar-refractivity contribution in [2.45, 2.75) is 5.97 Å². The molecule has 28 heavy (non-hydrogen) atoms. The van der Waals surface area contributed by atoms with E-state index in [-0.39, 0.29) is 0 Å². The molecule has 2 aliphatic rings. The number of esters is 1. The molecule has 1 heterocycles. The second-order valence-corrected chi connectivity index (χ2v) is 6.29. The predicted molar refractivity (Wildman–Crippen MR) is 103 cm³/mol. The Kier molecular flexibility index (Phi) is 4.45. The van der Waals surface area contributed by atoms with Crippen LogP contribution in [0.3, 0.4) is 0 Å². The molecule has 1 fully saturated rings. The number of benzene rings is 2. The summed E-state index contributed by atoms with van der Waals surface area (Å²) in [7, 11) is 5.94. The lowest BCUT2D eigenvalue weighted by Gasteiger charge is -2.28. The van der Waals surface area contributed by atoms with Gasteiger partial charge in [0.2, 0.25) is 0 Å². The molecule has 0 N–H and O–H groups in total. The van der Waals surface area contributed by atoms with Crippen LogP contribution < -0.4 is 4.74 Å². The fourth-order valence-corrected chi connectivity index (χ4v) is 3.77. The molecular weight excluding hydrogens is 360 g/mol. The SMILES string of the molecule is CO/C1=C2/C(=C\c3ccccc3-c3cccc(OC)c31)C(=O)OC2(OC)OC. The van der Waals surface area contributed by atoms with Gasteiger partial charge in [-0.1, -0.05) is 36.4 Å². The van der Waals surface area contributed by atoms with E-state index in [2.05, 4.69) is 0 Å². The molecule has 0 aromatic heterocycles. The highest BCUT2D eigenvalue weighted by atomic mass is 16.9. The summed E-state index contributed by atoms with van der Waals surface area (Å²) in [4.78, 5) is 12.8. The molecule has 6 heteroatoms. The van der Waals surface area contributed by atoms with Crippen LogP contribution in [-0.2, 0) is 23.7 Å². The molecule has 6 nitrogen and oxygen atoms in total. The third-order valence-electron chi connectivity index (χ3n) is 5.02. The van der Waals surface area contributed by atoms with Crippen molar-refractivity contribution in [3.05, 3.63) is 64.7 Å². The van der Waals surface area contributed by atoms with E-state index < -0.39 is 11.9 Å². The van der Waals surface area contributed by atoms with Crippen molar-refractivity contribution in [2.75, 3.05) is 28.4 Å². The summed E-state index contributed by atoms with van der Waals surface area (Å²) in [5, 5.41) is 0. The van der Waals surface area contributed by atoms with Crippen molar-refractivity contribution in [1.29, 1.82) is 0 Å². The zero-order valence-electron chi connectivity index (χ0n) is 16.1.